The minimum Gasteiger partial charge on any atom is -0.492 e. The van der Waals surface area contributed by atoms with Crippen LogP contribution in [0.1, 0.15) is 5.56 Å². The molecule has 0 heterocycles. The zero-order valence-corrected chi connectivity index (χ0v) is 17.1. The first-order valence-electron chi connectivity index (χ1n) is 9.94. The summed E-state index contributed by atoms with van der Waals surface area (Å²) in [7, 11) is 1.97. The van der Waals surface area contributed by atoms with Crippen LogP contribution in [0.25, 0.3) is 11.1 Å². The van der Waals surface area contributed by atoms with E-state index in [1.54, 1.807) is 0 Å². The number of hydrogen-bond donors (Lipinski definition) is 1. The second-order valence-corrected chi connectivity index (χ2v) is 7.28. The Morgan fingerprint density at radius 2 is 1.38 bits per heavy atom. The normalized spacial score (nSPS) is 12.0. The Morgan fingerprint density at radius 1 is 0.793 bits per heavy atom. The summed E-state index contributed by atoms with van der Waals surface area (Å²) in [5.41, 5.74) is 3.53. The van der Waals surface area contributed by atoms with Crippen molar-refractivity contribution < 1.29 is 14.6 Å². The van der Waals surface area contributed by atoms with Gasteiger partial charge in [-0.25, -0.2) is 0 Å². The third kappa shape index (κ3) is 6.93. The maximum absolute atomic E-state index is 10.3. The average Bonchev–Trinajstić information content (AvgIpc) is 2.75. The molecule has 1 unspecified atom stereocenters. The molecular weight excluding hydrogens is 362 g/mol. The zero-order chi connectivity index (χ0) is 20.5. The molecule has 3 aromatic carbocycles. The zero-order valence-electron chi connectivity index (χ0n) is 17.1. The number of aliphatic hydroxyl groups is 1. The lowest BCUT2D eigenvalue weighted by atomic mass is 10.1. The quantitative estimate of drug-likeness (QED) is 0.556. The maximum atomic E-state index is 10.3. The number of nitrogens with zero attached hydrogens (tertiary/aromatic N) is 1. The van der Waals surface area contributed by atoms with E-state index >= 15 is 0 Å². The first kappa shape index (κ1) is 20.9. The van der Waals surface area contributed by atoms with Crippen molar-refractivity contribution in [1.82, 2.24) is 4.90 Å². The molecule has 0 aliphatic carbocycles. The molecule has 0 saturated heterocycles. The van der Waals surface area contributed by atoms with Crippen LogP contribution in [-0.4, -0.2) is 49.5 Å². The van der Waals surface area contributed by atoms with Crippen molar-refractivity contribution in [2.24, 2.45) is 0 Å². The van der Waals surface area contributed by atoms with Gasteiger partial charge in [0, 0.05) is 13.1 Å². The van der Waals surface area contributed by atoms with Gasteiger partial charge in [-0.1, -0.05) is 60.2 Å². The van der Waals surface area contributed by atoms with Crippen molar-refractivity contribution in [2.75, 3.05) is 33.4 Å². The molecule has 0 aromatic heterocycles. The molecule has 29 heavy (non-hydrogen) atoms. The third-order valence-electron chi connectivity index (χ3n) is 4.69. The standard InChI is InChI=1S/C25H29NO3/c1-20-8-12-24(13-9-20)28-17-16-26(2)18-23(27)19-29-25-14-10-22(11-15-25)21-6-4-3-5-7-21/h3-15,23,27H,16-19H2,1-2H3. The van der Waals surface area contributed by atoms with Crippen LogP contribution in [0.5, 0.6) is 11.5 Å². The molecule has 0 aliphatic heterocycles. The fourth-order valence-corrected chi connectivity index (χ4v) is 3.02. The highest BCUT2D eigenvalue weighted by Gasteiger charge is 2.10. The summed E-state index contributed by atoms with van der Waals surface area (Å²) in [6.45, 7) is 4.15. The van der Waals surface area contributed by atoms with Crippen LogP contribution in [0.4, 0.5) is 0 Å². The molecular formula is C25H29NO3. The van der Waals surface area contributed by atoms with Gasteiger partial charge in [-0.15, -0.1) is 0 Å². The minimum absolute atomic E-state index is 0.258. The summed E-state index contributed by atoms with van der Waals surface area (Å²) in [5, 5.41) is 10.3. The van der Waals surface area contributed by atoms with Gasteiger partial charge in [0.05, 0.1) is 0 Å². The monoisotopic (exact) mass is 391 g/mol. The van der Waals surface area contributed by atoms with Crippen molar-refractivity contribution in [2.45, 2.75) is 13.0 Å². The van der Waals surface area contributed by atoms with Crippen molar-refractivity contribution in [1.29, 1.82) is 0 Å². The van der Waals surface area contributed by atoms with Gasteiger partial charge in [-0.05, 0) is 49.4 Å². The van der Waals surface area contributed by atoms with Gasteiger partial charge in [0.1, 0.15) is 30.8 Å². The molecule has 0 aliphatic rings. The van der Waals surface area contributed by atoms with E-state index in [2.05, 4.69) is 19.1 Å². The first-order valence-corrected chi connectivity index (χ1v) is 9.94. The van der Waals surface area contributed by atoms with E-state index in [4.69, 9.17) is 9.47 Å². The van der Waals surface area contributed by atoms with Gasteiger partial charge < -0.3 is 19.5 Å². The summed E-state index contributed by atoms with van der Waals surface area (Å²) >= 11 is 0. The topological polar surface area (TPSA) is 41.9 Å². The van der Waals surface area contributed by atoms with E-state index < -0.39 is 6.10 Å². The summed E-state index contributed by atoms with van der Waals surface area (Å²) in [4.78, 5) is 2.04. The number of benzene rings is 3. The molecule has 4 heteroatoms. The largest absolute Gasteiger partial charge is 0.492 e. The Morgan fingerprint density at radius 3 is 2.07 bits per heavy atom. The first-order chi connectivity index (χ1) is 14.1. The second-order valence-electron chi connectivity index (χ2n) is 7.28. The van der Waals surface area contributed by atoms with Crippen LogP contribution in [0.2, 0.25) is 0 Å². The lowest BCUT2D eigenvalue weighted by Gasteiger charge is -2.21. The fourth-order valence-electron chi connectivity index (χ4n) is 3.02. The predicted molar refractivity (Wildman–Crippen MR) is 118 cm³/mol. The summed E-state index contributed by atoms with van der Waals surface area (Å²) < 4.78 is 11.5. The second kappa shape index (κ2) is 10.6. The number of hydrogen-bond acceptors (Lipinski definition) is 4. The lowest BCUT2D eigenvalue weighted by molar-refractivity contribution is 0.0723. The molecule has 0 bridgehead atoms. The Kier molecular flexibility index (Phi) is 7.68. The molecule has 0 amide bonds. The molecule has 0 spiro atoms. The maximum Gasteiger partial charge on any atom is 0.119 e. The molecule has 3 rings (SSSR count). The molecule has 1 atom stereocenters. The number of ether oxygens (including phenoxy) is 2. The summed E-state index contributed by atoms with van der Waals surface area (Å²) in [6.07, 6.45) is -0.562. The average molecular weight is 392 g/mol. The van der Waals surface area contributed by atoms with Crippen molar-refractivity contribution in [3.63, 3.8) is 0 Å². The highest BCUT2D eigenvalue weighted by molar-refractivity contribution is 5.63. The molecule has 152 valence electrons. The van der Waals surface area contributed by atoms with Gasteiger partial charge in [0.2, 0.25) is 0 Å². The molecule has 0 radical (unpaired) electrons. The van der Waals surface area contributed by atoms with Crippen molar-refractivity contribution in [3.8, 4) is 22.6 Å². The van der Waals surface area contributed by atoms with E-state index in [0.717, 1.165) is 23.6 Å². The third-order valence-corrected chi connectivity index (χ3v) is 4.69. The Hall–Kier alpha value is -2.82. The van der Waals surface area contributed by atoms with Crippen LogP contribution in [-0.2, 0) is 0 Å². The van der Waals surface area contributed by atoms with E-state index in [-0.39, 0.29) is 6.61 Å². The number of likely N-dealkylation sites (N-methyl/N-ethyl adjacent to an activating group) is 1. The van der Waals surface area contributed by atoms with E-state index in [9.17, 15) is 5.11 Å². The molecule has 0 fully saturated rings. The van der Waals surface area contributed by atoms with Crippen LogP contribution in [0, 0.1) is 6.92 Å². The van der Waals surface area contributed by atoms with Gasteiger partial charge in [-0.3, -0.25) is 0 Å². The minimum atomic E-state index is -0.562. The molecule has 4 nitrogen and oxygen atoms in total. The Balaban J connectivity index is 1.36. The summed E-state index contributed by atoms with van der Waals surface area (Å²) in [5.74, 6) is 1.63. The van der Waals surface area contributed by atoms with Crippen molar-refractivity contribution in [3.05, 3.63) is 84.4 Å². The van der Waals surface area contributed by atoms with Crippen LogP contribution in [0.3, 0.4) is 0 Å². The van der Waals surface area contributed by atoms with E-state index in [1.165, 1.54) is 11.1 Å². The molecule has 3 aromatic rings. The number of aryl methyl sites for hydroxylation is 1. The Bertz CT molecular complexity index is 848. The van der Waals surface area contributed by atoms with Crippen LogP contribution in [0.15, 0.2) is 78.9 Å². The van der Waals surface area contributed by atoms with Gasteiger partial charge in [-0.2, -0.15) is 0 Å². The van der Waals surface area contributed by atoms with Crippen LogP contribution < -0.4 is 9.47 Å². The highest BCUT2D eigenvalue weighted by Crippen LogP contribution is 2.22. The summed E-state index contributed by atoms with van der Waals surface area (Å²) in [6, 6.07) is 26.2. The van der Waals surface area contributed by atoms with E-state index in [0.29, 0.717) is 13.2 Å². The molecule has 0 saturated carbocycles. The van der Waals surface area contributed by atoms with Crippen LogP contribution >= 0.6 is 0 Å². The van der Waals surface area contributed by atoms with Gasteiger partial charge in [0.25, 0.3) is 0 Å². The SMILES string of the molecule is Cc1ccc(OCCN(C)CC(O)COc2ccc(-c3ccccc3)cc2)cc1. The Labute approximate surface area is 173 Å². The van der Waals surface area contributed by atoms with Gasteiger partial charge in [0.15, 0.2) is 0 Å². The highest BCUT2D eigenvalue weighted by atomic mass is 16.5. The number of aliphatic hydroxyl groups excluding tert-OH is 1. The van der Waals surface area contributed by atoms with Crippen molar-refractivity contribution >= 4 is 0 Å². The molecule has 1 N–H and O–H groups in total. The fraction of sp³-hybridized carbons (Fsp3) is 0.280. The number of rotatable bonds is 10. The lowest BCUT2D eigenvalue weighted by Crippen LogP contribution is -2.35. The smallest absolute Gasteiger partial charge is 0.119 e. The van der Waals surface area contributed by atoms with E-state index in [1.807, 2.05) is 78.7 Å². The predicted octanol–water partition coefficient (Wildman–Crippen LogP) is 4.41. The van der Waals surface area contributed by atoms with Gasteiger partial charge >= 0.3 is 0 Å².